The van der Waals surface area contributed by atoms with E-state index in [9.17, 15) is 4.79 Å². The number of thiazole rings is 1. The molecule has 4 rings (SSSR count). The predicted molar refractivity (Wildman–Crippen MR) is 105 cm³/mol. The first kappa shape index (κ1) is 16.3. The number of para-hydroxylation sites is 1. The highest BCUT2D eigenvalue weighted by atomic mass is 35.5. The molecule has 25 heavy (non-hydrogen) atoms. The van der Waals surface area contributed by atoms with Crippen molar-refractivity contribution < 1.29 is 4.79 Å². The summed E-state index contributed by atoms with van der Waals surface area (Å²) in [7, 11) is 0. The van der Waals surface area contributed by atoms with Crippen LogP contribution in [0.5, 0.6) is 0 Å². The molecule has 2 heterocycles. The first-order valence-corrected chi connectivity index (χ1v) is 9.02. The van der Waals surface area contributed by atoms with Gasteiger partial charge in [0.1, 0.15) is 0 Å². The molecule has 0 atom stereocenters. The lowest BCUT2D eigenvalue weighted by Crippen LogP contribution is -2.21. The molecule has 0 fully saturated rings. The summed E-state index contributed by atoms with van der Waals surface area (Å²) in [6.45, 7) is 1.79. The predicted octanol–water partition coefficient (Wildman–Crippen LogP) is 5.41. The average Bonchev–Trinajstić information content (AvgIpc) is 3.12. The Labute approximate surface area is 158 Å². The van der Waals surface area contributed by atoms with Crippen LogP contribution in [0.1, 0.15) is 12.5 Å². The minimum Gasteiger partial charge on any atom is -0.267 e. The minimum absolute atomic E-state index is 0.220. The smallest absolute Gasteiger partial charge is 0.267 e. The molecule has 7 heteroatoms. The van der Waals surface area contributed by atoms with Crippen LogP contribution in [-0.4, -0.2) is 16.6 Å². The van der Waals surface area contributed by atoms with Crippen LogP contribution in [0.2, 0.25) is 10.0 Å². The van der Waals surface area contributed by atoms with Gasteiger partial charge in [0.15, 0.2) is 0 Å². The zero-order chi connectivity index (χ0) is 17.6. The van der Waals surface area contributed by atoms with E-state index in [-0.39, 0.29) is 5.91 Å². The fourth-order valence-electron chi connectivity index (χ4n) is 2.54. The molecule has 0 unspecified atom stereocenters. The number of rotatable bonds is 2. The Morgan fingerprint density at radius 3 is 2.72 bits per heavy atom. The van der Waals surface area contributed by atoms with E-state index in [0.717, 1.165) is 15.8 Å². The van der Waals surface area contributed by atoms with Gasteiger partial charge in [-0.1, -0.05) is 52.7 Å². The lowest BCUT2D eigenvalue weighted by Gasteiger charge is -2.06. The van der Waals surface area contributed by atoms with Gasteiger partial charge in [-0.2, -0.15) is 10.1 Å². The molecule has 0 radical (unpaired) electrons. The maximum atomic E-state index is 12.8. The molecule has 3 aromatic rings. The van der Waals surface area contributed by atoms with Crippen LogP contribution in [0.4, 0.5) is 5.13 Å². The highest BCUT2D eigenvalue weighted by Gasteiger charge is 2.31. The Morgan fingerprint density at radius 1 is 1.16 bits per heavy atom. The van der Waals surface area contributed by atoms with Gasteiger partial charge in [-0.25, -0.2) is 4.98 Å². The lowest BCUT2D eigenvalue weighted by molar-refractivity contribution is -0.114. The van der Waals surface area contributed by atoms with Crippen molar-refractivity contribution in [3.05, 3.63) is 63.6 Å². The van der Waals surface area contributed by atoms with Gasteiger partial charge in [-0.15, -0.1) is 0 Å². The first-order chi connectivity index (χ1) is 12.0. The summed E-state index contributed by atoms with van der Waals surface area (Å²) >= 11 is 13.6. The summed E-state index contributed by atoms with van der Waals surface area (Å²) in [5, 5.41) is 7.30. The van der Waals surface area contributed by atoms with E-state index in [4.69, 9.17) is 23.2 Å². The molecule has 0 N–H and O–H groups in total. The molecule has 4 nitrogen and oxygen atoms in total. The molecule has 1 aliphatic rings. The molecule has 1 aliphatic heterocycles. The first-order valence-electron chi connectivity index (χ1n) is 7.45. The normalized spacial score (nSPS) is 16.1. The van der Waals surface area contributed by atoms with Gasteiger partial charge in [0.25, 0.3) is 5.91 Å². The fourth-order valence-corrected chi connectivity index (χ4v) is 3.92. The number of hydrogen-bond donors (Lipinski definition) is 0. The third-order valence-electron chi connectivity index (χ3n) is 3.79. The van der Waals surface area contributed by atoms with Crippen molar-refractivity contribution in [2.24, 2.45) is 5.10 Å². The van der Waals surface area contributed by atoms with Crippen molar-refractivity contribution >= 4 is 67.6 Å². The van der Waals surface area contributed by atoms with Crippen LogP contribution in [0.25, 0.3) is 16.3 Å². The molecule has 0 aliphatic carbocycles. The molecule has 0 saturated carbocycles. The van der Waals surface area contributed by atoms with E-state index >= 15 is 0 Å². The molecule has 1 amide bonds. The van der Waals surface area contributed by atoms with Crippen molar-refractivity contribution in [3.8, 4) is 0 Å². The number of amides is 1. The molecular weight excluding hydrogens is 377 g/mol. The van der Waals surface area contributed by atoms with Gasteiger partial charge in [0.2, 0.25) is 5.13 Å². The topological polar surface area (TPSA) is 45.6 Å². The number of fused-ring (bicyclic) bond motifs is 1. The number of hydrazone groups is 1. The minimum atomic E-state index is -0.220. The average molecular weight is 388 g/mol. The van der Waals surface area contributed by atoms with Crippen molar-refractivity contribution in [1.29, 1.82) is 0 Å². The van der Waals surface area contributed by atoms with Crippen molar-refractivity contribution in [1.82, 2.24) is 4.98 Å². The van der Waals surface area contributed by atoms with E-state index < -0.39 is 0 Å². The van der Waals surface area contributed by atoms with E-state index in [2.05, 4.69) is 10.1 Å². The monoisotopic (exact) mass is 387 g/mol. The standard InChI is InChI=1S/C18H11Cl2N3OS/c1-10-13(8-11-6-7-12(19)9-14(11)20)17(24)23(22-10)18-21-15-4-2-3-5-16(15)25-18/h2-9H,1H3/b13-8+. The Morgan fingerprint density at radius 2 is 1.96 bits per heavy atom. The largest absolute Gasteiger partial charge is 0.282 e. The Hall–Kier alpha value is -2.21. The summed E-state index contributed by atoms with van der Waals surface area (Å²) in [4.78, 5) is 17.3. The Balaban J connectivity index is 1.72. The van der Waals surface area contributed by atoms with Crippen LogP contribution in [0.15, 0.2) is 53.1 Å². The fraction of sp³-hybridized carbons (Fsp3) is 0.0556. The molecular formula is C18H11Cl2N3OS. The number of nitrogens with zero attached hydrogens (tertiary/aromatic N) is 3. The van der Waals surface area contributed by atoms with Gasteiger partial charge in [-0.3, -0.25) is 4.79 Å². The van der Waals surface area contributed by atoms with Gasteiger partial charge in [0.05, 0.1) is 21.5 Å². The van der Waals surface area contributed by atoms with Gasteiger partial charge >= 0.3 is 0 Å². The third kappa shape index (κ3) is 2.95. The number of anilines is 1. The SMILES string of the molecule is CC1=NN(c2nc3ccccc3s2)C(=O)/C1=C/c1ccc(Cl)cc1Cl. The van der Waals surface area contributed by atoms with Crippen LogP contribution in [0, 0.1) is 0 Å². The Bertz CT molecular complexity index is 1040. The molecule has 124 valence electrons. The highest BCUT2D eigenvalue weighted by molar-refractivity contribution is 7.22. The van der Waals surface area contributed by atoms with E-state index in [0.29, 0.717) is 26.5 Å². The molecule has 1 aromatic heterocycles. The van der Waals surface area contributed by atoms with Crippen LogP contribution in [-0.2, 0) is 4.79 Å². The number of hydrogen-bond acceptors (Lipinski definition) is 4. The third-order valence-corrected chi connectivity index (χ3v) is 5.36. The van der Waals surface area contributed by atoms with Crippen molar-refractivity contribution in [2.75, 3.05) is 5.01 Å². The zero-order valence-corrected chi connectivity index (χ0v) is 15.4. The number of benzene rings is 2. The molecule has 0 spiro atoms. The van der Waals surface area contributed by atoms with Crippen molar-refractivity contribution in [3.63, 3.8) is 0 Å². The summed E-state index contributed by atoms with van der Waals surface area (Å²) < 4.78 is 1.01. The van der Waals surface area contributed by atoms with Crippen LogP contribution < -0.4 is 5.01 Å². The Kier molecular flexibility index (Phi) is 4.07. The summed E-state index contributed by atoms with van der Waals surface area (Å²) in [5.41, 5.74) is 2.68. The second-order valence-corrected chi connectivity index (χ2v) is 7.34. The lowest BCUT2D eigenvalue weighted by atomic mass is 10.1. The highest BCUT2D eigenvalue weighted by Crippen LogP contribution is 2.33. The number of carbonyl (C=O) groups excluding carboxylic acids is 1. The summed E-state index contributed by atoms with van der Waals surface area (Å²) in [6, 6.07) is 12.9. The van der Waals surface area contributed by atoms with Crippen molar-refractivity contribution in [2.45, 2.75) is 6.92 Å². The summed E-state index contributed by atoms with van der Waals surface area (Å²) in [5.74, 6) is -0.220. The van der Waals surface area contributed by atoms with Crippen LogP contribution in [0.3, 0.4) is 0 Å². The second kappa shape index (κ2) is 6.26. The number of halogens is 2. The number of aromatic nitrogens is 1. The maximum Gasteiger partial charge on any atom is 0.282 e. The van der Waals surface area contributed by atoms with Crippen LogP contribution >= 0.6 is 34.5 Å². The van der Waals surface area contributed by atoms with E-state index in [1.165, 1.54) is 16.3 Å². The summed E-state index contributed by atoms with van der Waals surface area (Å²) in [6.07, 6.45) is 1.73. The maximum absolute atomic E-state index is 12.8. The van der Waals surface area contributed by atoms with E-state index in [1.54, 1.807) is 31.2 Å². The second-order valence-electron chi connectivity index (χ2n) is 5.49. The van der Waals surface area contributed by atoms with Gasteiger partial charge in [-0.05, 0) is 42.8 Å². The van der Waals surface area contributed by atoms with Gasteiger partial charge in [0, 0.05) is 10.0 Å². The van der Waals surface area contributed by atoms with E-state index in [1.807, 2.05) is 24.3 Å². The molecule has 0 bridgehead atoms. The zero-order valence-electron chi connectivity index (χ0n) is 13.0. The molecule has 2 aromatic carbocycles. The molecule has 0 saturated heterocycles. The quantitative estimate of drug-likeness (QED) is 0.551. The van der Waals surface area contributed by atoms with Gasteiger partial charge < -0.3 is 0 Å². The number of carbonyl (C=O) groups is 1.